The summed E-state index contributed by atoms with van der Waals surface area (Å²) in [5.74, 6) is 1.09. The van der Waals surface area contributed by atoms with E-state index >= 15 is 0 Å². The number of β-amino-alcohol motifs (C(OH)–C–C–N with tert-alkyl or cyclic N) is 1. The largest absolute Gasteiger partial charge is 0.484 e. The highest BCUT2D eigenvalue weighted by Crippen LogP contribution is 2.26. The van der Waals surface area contributed by atoms with Crippen molar-refractivity contribution in [2.75, 3.05) is 19.7 Å². The summed E-state index contributed by atoms with van der Waals surface area (Å²) in [6.45, 7) is 7.17. The van der Waals surface area contributed by atoms with E-state index in [0.717, 1.165) is 18.6 Å². The van der Waals surface area contributed by atoms with Crippen molar-refractivity contribution < 1.29 is 14.6 Å². The third kappa shape index (κ3) is 3.97. The Labute approximate surface area is 126 Å². The Morgan fingerprint density at radius 3 is 2.76 bits per heavy atom. The van der Waals surface area contributed by atoms with Gasteiger partial charge in [-0.1, -0.05) is 39.3 Å². The molecule has 0 bridgehead atoms. The Hall–Kier alpha value is -1.55. The number of ether oxygens (including phenoxy) is 1. The lowest BCUT2D eigenvalue weighted by Gasteiger charge is -2.46. The van der Waals surface area contributed by atoms with Gasteiger partial charge < -0.3 is 14.7 Å². The summed E-state index contributed by atoms with van der Waals surface area (Å²) in [6.07, 6.45) is 1.67. The second-order valence-corrected chi connectivity index (χ2v) is 6.24. The van der Waals surface area contributed by atoms with E-state index in [-0.39, 0.29) is 12.5 Å². The number of hydrogen-bond acceptors (Lipinski definition) is 3. The summed E-state index contributed by atoms with van der Waals surface area (Å²) in [6, 6.07) is 7.84. The molecule has 1 aromatic rings. The standard InChI is InChI=1S/C17H25NO3/c1-4-8-17(20)11-18(12-17)16(19)10-21-15-7-5-6-14(9-15)13(2)3/h5-7,9,13,20H,4,8,10-12H2,1-3H3. The molecule has 4 nitrogen and oxygen atoms in total. The van der Waals surface area contributed by atoms with Gasteiger partial charge in [0.2, 0.25) is 0 Å². The summed E-state index contributed by atoms with van der Waals surface area (Å²) >= 11 is 0. The van der Waals surface area contributed by atoms with Crippen LogP contribution in [-0.2, 0) is 4.79 Å². The number of rotatable bonds is 6. The van der Waals surface area contributed by atoms with E-state index < -0.39 is 5.60 Å². The quantitative estimate of drug-likeness (QED) is 0.876. The van der Waals surface area contributed by atoms with E-state index in [1.54, 1.807) is 4.90 Å². The number of nitrogens with zero attached hydrogens (tertiary/aromatic N) is 1. The Bertz CT molecular complexity index is 493. The molecule has 1 fully saturated rings. The van der Waals surface area contributed by atoms with Crippen molar-refractivity contribution in [3.8, 4) is 5.75 Å². The number of amides is 1. The lowest BCUT2D eigenvalue weighted by molar-refractivity contribution is -0.158. The molecular formula is C17H25NO3. The first-order valence-electron chi connectivity index (χ1n) is 7.66. The van der Waals surface area contributed by atoms with E-state index in [2.05, 4.69) is 19.9 Å². The minimum atomic E-state index is -0.679. The monoisotopic (exact) mass is 291 g/mol. The zero-order chi connectivity index (χ0) is 15.5. The van der Waals surface area contributed by atoms with E-state index in [4.69, 9.17) is 4.74 Å². The molecule has 0 unspecified atom stereocenters. The van der Waals surface area contributed by atoms with Crippen LogP contribution in [0.5, 0.6) is 5.75 Å². The first kappa shape index (κ1) is 15.8. The zero-order valence-electron chi connectivity index (χ0n) is 13.1. The smallest absolute Gasteiger partial charge is 0.260 e. The SMILES string of the molecule is CCCC1(O)CN(C(=O)COc2cccc(C(C)C)c2)C1. The fourth-order valence-electron chi connectivity index (χ4n) is 2.66. The maximum Gasteiger partial charge on any atom is 0.260 e. The molecule has 0 aromatic heterocycles. The van der Waals surface area contributed by atoms with Gasteiger partial charge in [-0.3, -0.25) is 4.79 Å². The van der Waals surface area contributed by atoms with Crippen molar-refractivity contribution in [1.82, 2.24) is 4.90 Å². The summed E-state index contributed by atoms with van der Waals surface area (Å²) < 4.78 is 5.57. The number of benzene rings is 1. The highest BCUT2D eigenvalue weighted by atomic mass is 16.5. The summed E-state index contributed by atoms with van der Waals surface area (Å²) in [5, 5.41) is 10.1. The van der Waals surface area contributed by atoms with Gasteiger partial charge >= 0.3 is 0 Å². The Balaban J connectivity index is 1.81. The third-order valence-corrected chi connectivity index (χ3v) is 3.93. The van der Waals surface area contributed by atoms with Crippen LogP contribution in [0.2, 0.25) is 0 Å². The fraction of sp³-hybridized carbons (Fsp3) is 0.588. The molecular weight excluding hydrogens is 266 g/mol. The molecule has 116 valence electrons. The molecule has 1 N–H and O–H groups in total. The molecule has 1 heterocycles. The molecule has 1 aromatic carbocycles. The predicted molar refractivity (Wildman–Crippen MR) is 82.5 cm³/mol. The molecule has 0 aliphatic carbocycles. The van der Waals surface area contributed by atoms with Gasteiger partial charge in [0.05, 0.1) is 18.7 Å². The van der Waals surface area contributed by atoms with Crippen LogP contribution in [0.15, 0.2) is 24.3 Å². The van der Waals surface area contributed by atoms with Crippen LogP contribution < -0.4 is 4.74 Å². The minimum Gasteiger partial charge on any atom is -0.484 e. The number of aliphatic hydroxyl groups is 1. The van der Waals surface area contributed by atoms with Crippen LogP contribution in [-0.4, -0.2) is 41.2 Å². The van der Waals surface area contributed by atoms with Crippen LogP contribution in [0.25, 0.3) is 0 Å². The molecule has 0 atom stereocenters. The van der Waals surface area contributed by atoms with Gasteiger partial charge in [0.25, 0.3) is 5.91 Å². The highest BCUT2D eigenvalue weighted by Gasteiger charge is 2.42. The number of carbonyl (C=O) groups excluding carboxylic acids is 1. The predicted octanol–water partition coefficient (Wildman–Crippen LogP) is 2.56. The Kier molecular flexibility index (Phi) is 4.88. The van der Waals surface area contributed by atoms with Gasteiger partial charge in [-0.25, -0.2) is 0 Å². The lowest BCUT2D eigenvalue weighted by atomic mass is 9.89. The van der Waals surface area contributed by atoms with Gasteiger partial charge in [0.15, 0.2) is 6.61 Å². The molecule has 4 heteroatoms. The average Bonchev–Trinajstić information content (AvgIpc) is 2.42. The van der Waals surface area contributed by atoms with Gasteiger partial charge in [-0.05, 0) is 30.0 Å². The van der Waals surface area contributed by atoms with E-state index in [1.165, 1.54) is 5.56 Å². The second-order valence-electron chi connectivity index (χ2n) is 6.24. The maximum absolute atomic E-state index is 12.0. The molecule has 1 saturated heterocycles. The summed E-state index contributed by atoms with van der Waals surface area (Å²) in [7, 11) is 0. The normalized spacial score (nSPS) is 16.7. The molecule has 21 heavy (non-hydrogen) atoms. The van der Waals surface area contributed by atoms with E-state index in [0.29, 0.717) is 19.0 Å². The third-order valence-electron chi connectivity index (χ3n) is 3.93. The molecule has 0 radical (unpaired) electrons. The minimum absolute atomic E-state index is 0.0315. The summed E-state index contributed by atoms with van der Waals surface area (Å²) in [5.41, 5.74) is 0.517. The number of hydrogen-bond donors (Lipinski definition) is 1. The van der Waals surface area contributed by atoms with Crippen molar-refractivity contribution in [2.45, 2.75) is 45.1 Å². The molecule has 1 aliphatic rings. The number of carbonyl (C=O) groups is 1. The van der Waals surface area contributed by atoms with Crippen molar-refractivity contribution in [2.24, 2.45) is 0 Å². The van der Waals surface area contributed by atoms with Crippen molar-refractivity contribution in [3.05, 3.63) is 29.8 Å². The first-order chi connectivity index (χ1) is 9.93. The van der Waals surface area contributed by atoms with E-state index in [9.17, 15) is 9.90 Å². The van der Waals surface area contributed by atoms with Crippen LogP contribution in [0, 0.1) is 0 Å². The van der Waals surface area contributed by atoms with Gasteiger partial charge in [0.1, 0.15) is 5.75 Å². The van der Waals surface area contributed by atoms with Gasteiger partial charge in [0, 0.05) is 0 Å². The van der Waals surface area contributed by atoms with Crippen molar-refractivity contribution in [3.63, 3.8) is 0 Å². The second kappa shape index (κ2) is 6.48. The molecule has 1 aliphatic heterocycles. The Morgan fingerprint density at radius 2 is 2.14 bits per heavy atom. The molecule has 2 rings (SSSR count). The first-order valence-corrected chi connectivity index (χ1v) is 7.66. The highest BCUT2D eigenvalue weighted by molar-refractivity contribution is 5.79. The van der Waals surface area contributed by atoms with Crippen LogP contribution >= 0.6 is 0 Å². The zero-order valence-corrected chi connectivity index (χ0v) is 13.1. The number of likely N-dealkylation sites (tertiary alicyclic amines) is 1. The van der Waals surface area contributed by atoms with Crippen LogP contribution in [0.3, 0.4) is 0 Å². The van der Waals surface area contributed by atoms with Gasteiger partial charge in [-0.15, -0.1) is 0 Å². The average molecular weight is 291 g/mol. The van der Waals surface area contributed by atoms with Crippen molar-refractivity contribution in [1.29, 1.82) is 0 Å². The lowest BCUT2D eigenvalue weighted by Crippen LogP contribution is -2.64. The van der Waals surface area contributed by atoms with E-state index in [1.807, 2.05) is 25.1 Å². The Morgan fingerprint density at radius 1 is 1.43 bits per heavy atom. The topological polar surface area (TPSA) is 49.8 Å². The maximum atomic E-state index is 12.0. The summed E-state index contributed by atoms with van der Waals surface area (Å²) in [4.78, 5) is 13.7. The van der Waals surface area contributed by atoms with Crippen molar-refractivity contribution >= 4 is 5.91 Å². The molecule has 0 spiro atoms. The van der Waals surface area contributed by atoms with Crippen LogP contribution in [0.4, 0.5) is 0 Å². The van der Waals surface area contributed by atoms with Crippen LogP contribution in [0.1, 0.15) is 45.1 Å². The molecule has 0 saturated carbocycles. The fourth-order valence-corrected chi connectivity index (χ4v) is 2.66. The van der Waals surface area contributed by atoms with Gasteiger partial charge in [-0.2, -0.15) is 0 Å². The molecule has 1 amide bonds.